The summed E-state index contributed by atoms with van der Waals surface area (Å²) in [5, 5.41) is 17.5. The number of aliphatic carboxylic acids is 2. The summed E-state index contributed by atoms with van der Waals surface area (Å²) >= 11 is 0. The molecule has 1 atom stereocenters. The molecule has 0 rings (SSSR count). The van der Waals surface area contributed by atoms with E-state index < -0.39 is 23.9 Å². The Morgan fingerprint density at radius 3 is 2.24 bits per heavy atom. The third kappa shape index (κ3) is 5.30. The Bertz CT molecular complexity index is 291. The Labute approximate surface area is 99.0 Å². The van der Waals surface area contributed by atoms with Gasteiger partial charge < -0.3 is 19.8 Å². The average Bonchev–Trinajstić information content (AvgIpc) is 2.23. The predicted molar refractivity (Wildman–Crippen MR) is 57.6 cm³/mol. The molecule has 0 aliphatic rings. The van der Waals surface area contributed by atoms with E-state index in [1.54, 1.807) is 6.92 Å². The zero-order chi connectivity index (χ0) is 13.4. The van der Waals surface area contributed by atoms with Gasteiger partial charge in [-0.25, -0.2) is 4.79 Å². The van der Waals surface area contributed by atoms with Crippen LogP contribution in [0.5, 0.6) is 0 Å². The SMILES string of the molecule is CCC(C(=O)O)N(CCC(=O)O)C(=O)COC. The molecule has 0 bridgehead atoms. The van der Waals surface area contributed by atoms with E-state index in [1.165, 1.54) is 7.11 Å². The Morgan fingerprint density at radius 1 is 1.29 bits per heavy atom. The van der Waals surface area contributed by atoms with Gasteiger partial charge in [-0.3, -0.25) is 9.59 Å². The van der Waals surface area contributed by atoms with Gasteiger partial charge in [0.25, 0.3) is 0 Å². The highest BCUT2D eigenvalue weighted by Crippen LogP contribution is 2.07. The second kappa shape index (κ2) is 7.61. The van der Waals surface area contributed by atoms with Crippen LogP contribution >= 0.6 is 0 Å². The molecule has 98 valence electrons. The fraction of sp³-hybridized carbons (Fsp3) is 0.700. The van der Waals surface area contributed by atoms with Crippen molar-refractivity contribution in [3.05, 3.63) is 0 Å². The Morgan fingerprint density at radius 2 is 1.88 bits per heavy atom. The van der Waals surface area contributed by atoms with Crippen molar-refractivity contribution in [1.29, 1.82) is 0 Å². The van der Waals surface area contributed by atoms with Crippen LogP contribution in [0.1, 0.15) is 19.8 Å². The highest BCUT2D eigenvalue weighted by atomic mass is 16.5. The molecule has 7 nitrogen and oxygen atoms in total. The summed E-state index contributed by atoms with van der Waals surface area (Å²) in [6.07, 6.45) is -0.0797. The topological polar surface area (TPSA) is 104 Å². The number of carboxylic acid groups (broad SMARTS) is 2. The first-order chi connectivity index (χ1) is 7.93. The molecule has 0 aliphatic carbocycles. The van der Waals surface area contributed by atoms with Crippen LogP contribution in [-0.4, -0.2) is 59.3 Å². The first kappa shape index (κ1) is 15.4. The second-order valence-corrected chi connectivity index (χ2v) is 3.43. The van der Waals surface area contributed by atoms with Crippen molar-refractivity contribution in [2.24, 2.45) is 0 Å². The monoisotopic (exact) mass is 247 g/mol. The smallest absolute Gasteiger partial charge is 0.326 e. The quantitative estimate of drug-likeness (QED) is 0.615. The summed E-state index contributed by atoms with van der Waals surface area (Å²) < 4.78 is 4.63. The van der Waals surface area contributed by atoms with Crippen molar-refractivity contribution in [3.8, 4) is 0 Å². The second-order valence-electron chi connectivity index (χ2n) is 3.43. The van der Waals surface area contributed by atoms with Crippen LogP contribution < -0.4 is 0 Å². The average molecular weight is 247 g/mol. The van der Waals surface area contributed by atoms with Crippen LogP contribution in [0.15, 0.2) is 0 Å². The molecule has 0 radical (unpaired) electrons. The molecular formula is C10H17NO6. The number of methoxy groups -OCH3 is 1. The minimum atomic E-state index is -1.15. The lowest BCUT2D eigenvalue weighted by Crippen LogP contribution is -2.47. The van der Waals surface area contributed by atoms with Gasteiger partial charge in [0.15, 0.2) is 0 Å². The third-order valence-electron chi connectivity index (χ3n) is 2.20. The van der Waals surface area contributed by atoms with Gasteiger partial charge in [-0.2, -0.15) is 0 Å². The zero-order valence-electron chi connectivity index (χ0n) is 9.88. The van der Waals surface area contributed by atoms with Crippen LogP contribution in [0.25, 0.3) is 0 Å². The fourth-order valence-corrected chi connectivity index (χ4v) is 1.41. The molecule has 0 aromatic heterocycles. The molecular weight excluding hydrogens is 230 g/mol. The van der Waals surface area contributed by atoms with Crippen molar-refractivity contribution in [2.45, 2.75) is 25.8 Å². The predicted octanol–water partition coefficient (Wildman–Crippen LogP) is -0.201. The van der Waals surface area contributed by atoms with E-state index in [0.29, 0.717) is 0 Å². The number of nitrogens with zero attached hydrogens (tertiary/aromatic N) is 1. The molecule has 0 saturated heterocycles. The Hall–Kier alpha value is -1.63. The Balaban J connectivity index is 4.74. The van der Waals surface area contributed by atoms with Crippen LogP contribution in [0, 0.1) is 0 Å². The van der Waals surface area contributed by atoms with Gasteiger partial charge in [0.1, 0.15) is 12.6 Å². The van der Waals surface area contributed by atoms with E-state index in [9.17, 15) is 14.4 Å². The summed E-state index contributed by atoms with van der Waals surface area (Å²) in [5.74, 6) is -2.76. The molecule has 0 fully saturated rings. The van der Waals surface area contributed by atoms with Crippen molar-refractivity contribution in [2.75, 3.05) is 20.3 Å². The van der Waals surface area contributed by atoms with Crippen LogP contribution in [0.2, 0.25) is 0 Å². The third-order valence-corrected chi connectivity index (χ3v) is 2.20. The molecule has 7 heteroatoms. The van der Waals surface area contributed by atoms with Crippen molar-refractivity contribution < 1.29 is 29.3 Å². The van der Waals surface area contributed by atoms with Crippen molar-refractivity contribution in [3.63, 3.8) is 0 Å². The summed E-state index contributed by atoms with van der Waals surface area (Å²) in [6.45, 7) is 1.22. The largest absolute Gasteiger partial charge is 0.481 e. The van der Waals surface area contributed by atoms with E-state index in [-0.39, 0.29) is 26.0 Å². The number of hydrogen-bond donors (Lipinski definition) is 2. The molecule has 0 aromatic rings. The van der Waals surface area contributed by atoms with Crippen molar-refractivity contribution in [1.82, 2.24) is 4.90 Å². The lowest BCUT2D eigenvalue weighted by atomic mass is 10.1. The molecule has 0 saturated carbocycles. The number of amides is 1. The molecule has 17 heavy (non-hydrogen) atoms. The van der Waals surface area contributed by atoms with E-state index in [0.717, 1.165) is 4.90 Å². The minimum Gasteiger partial charge on any atom is -0.481 e. The van der Waals surface area contributed by atoms with Gasteiger partial charge in [-0.15, -0.1) is 0 Å². The van der Waals surface area contributed by atoms with Crippen LogP contribution in [0.4, 0.5) is 0 Å². The molecule has 0 aromatic carbocycles. The summed E-state index contributed by atoms with van der Waals surface area (Å²) in [6, 6.07) is -1.02. The fourth-order valence-electron chi connectivity index (χ4n) is 1.41. The molecule has 1 amide bonds. The van der Waals surface area contributed by atoms with Crippen molar-refractivity contribution >= 4 is 17.8 Å². The number of hydrogen-bond acceptors (Lipinski definition) is 4. The number of carbonyl (C=O) groups excluding carboxylic acids is 1. The first-order valence-electron chi connectivity index (χ1n) is 5.17. The lowest BCUT2D eigenvalue weighted by molar-refractivity contribution is -0.153. The molecule has 0 spiro atoms. The lowest BCUT2D eigenvalue weighted by Gasteiger charge is -2.27. The first-order valence-corrected chi connectivity index (χ1v) is 5.17. The molecule has 0 heterocycles. The van der Waals surface area contributed by atoms with Crippen LogP contribution in [0.3, 0.4) is 0 Å². The maximum atomic E-state index is 11.6. The van der Waals surface area contributed by atoms with Crippen LogP contribution in [-0.2, 0) is 19.1 Å². The van der Waals surface area contributed by atoms with Gasteiger partial charge in [0.05, 0.1) is 6.42 Å². The zero-order valence-corrected chi connectivity index (χ0v) is 9.88. The van der Waals surface area contributed by atoms with Gasteiger partial charge in [-0.1, -0.05) is 6.92 Å². The summed E-state index contributed by atoms with van der Waals surface area (Å²) in [5.41, 5.74) is 0. The number of carbonyl (C=O) groups is 3. The number of ether oxygens (including phenoxy) is 1. The maximum absolute atomic E-state index is 11.6. The van der Waals surface area contributed by atoms with E-state index in [2.05, 4.69) is 4.74 Å². The van der Waals surface area contributed by atoms with Gasteiger partial charge in [-0.05, 0) is 6.42 Å². The van der Waals surface area contributed by atoms with Gasteiger partial charge in [0, 0.05) is 13.7 Å². The van der Waals surface area contributed by atoms with E-state index in [1.807, 2.05) is 0 Å². The minimum absolute atomic E-state index is 0.137. The highest BCUT2D eigenvalue weighted by Gasteiger charge is 2.28. The van der Waals surface area contributed by atoms with Gasteiger partial charge in [0.2, 0.25) is 5.91 Å². The number of carboxylic acids is 2. The Kier molecular flexibility index (Phi) is 6.88. The maximum Gasteiger partial charge on any atom is 0.326 e. The molecule has 2 N–H and O–H groups in total. The standard InChI is InChI=1S/C10H17NO6/c1-3-7(10(15)16)11(5-4-9(13)14)8(12)6-17-2/h7H,3-6H2,1-2H3,(H,13,14)(H,15,16). The van der Waals surface area contributed by atoms with E-state index >= 15 is 0 Å². The highest BCUT2D eigenvalue weighted by molar-refractivity contribution is 5.84. The summed E-state index contributed by atoms with van der Waals surface area (Å²) in [4.78, 5) is 34.0. The molecule has 1 unspecified atom stereocenters. The normalized spacial score (nSPS) is 11.9. The number of rotatable bonds is 8. The van der Waals surface area contributed by atoms with Gasteiger partial charge >= 0.3 is 11.9 Å². The van der Waals surface area contributed by atoms with E-state index in [4.69, 9.17) is 10.2 Å². The summed E-state index contributed by atoms with van der Waals surface area (Å²) in [7, 11) is 1.31. The molecule has 0 aliphatic heterocycles.